The predicted octanol–water partition coefficient (Wildman–Crippen LogP) is 3.03. The van der Waals surface area contributed by atoms with E-state index in [1.165, 1.54) is 6.08 Å². The van der Waals surface area contributed by atoms with Crippen LogP contribution in [0.4, 0.5) is 0 Å². The fourth-order valence-corrected chi connectivity index (χ4v) is 1.95. The van der Waals surface area contributed by atoms with E-state index in [-0.39, 0.29) is 34.0 Å². The van der Waals surface area contributed by atoms with Gasteiger partial charge in [-0.1, -0.05) is 23.7 Å². The van der Waals surface area contributed by atoms with Crippen LogP contribution in [0, 0.1) is 0 Å². The molecule has 0 heterocycles. The van der Waals surface area contributed by atoms with Crippen LogP contribution < -0.4 is 0 Å². The summed E-state index contributed by atoms with van der Waals surface area (Å²) in [6.07, 6.45) is 1.06. The van der Waals surface area contributed by atoms with Gasteiger partial charge in [-0.15, -0.1) is 0 Å². The quantitative estimate of drug-likeness (QED) is 0.810. The lowest BCUT2D eigenvalue weighted by Crippen LogP contribution is -2.21. The molecule has 0 unspecified atom stereocenters. The minimum Gasteiger partial charge on any atom is -0.487 e. The van der Waals surface area contributed by atoms with Crippen LogP contribution >= 0.6 is 11.6 Å². The van der Waals surface area contributed by atoms with Crippen LogP contribution in [0.1, 0.15) is 34.6 Å². The van der Waals surface area contributed by atoms with Crippen LogP contribution in [-0.2, 0) is 4.74 Å². The van der Waals surface area contributed by atoms with Gasteiger partial charge in [-0.2, -0.15) is 0 Å². The van der Waals surface area contributed by atoms with Crippen LogP contribution in [0.5, 0.6) is 0 Å². The minimum atomic E-state index is -0.334. The molecule has 0 saturated carbocycles. The number of ketones is 2. The monoisotopic (exact) mass is 250 g/mol. The number of ether oxygens (including phenoxy) is 1. The Morgan fingerprint density at radius 3 is 2.59 bits per heavy atom. The van der Waals surface area contributed by atoms with E-state index >= 15 is 0 Å². The highest BCUT2D eigenvalue weighted by atomic mass is 35.5. The standard InChI is InChI=1S/C13H11ClO3/c1-7(2)17-11-6-10(15)8-4-3-5-9(14)12(8)13(11)16/h3-7H,1-2H3. The molecule has 3 nitrogen and oxygen atoms in total. The van der Waals surface area contributed by atoms with E-state index in [4.69, 9.17) is 16.3 Å². The maximum absolute atomic E-state index is 12.1. The molecule has 88 valence electrons. The lowest BCUT2D eigenvalue weighted by molar-refractivity contribution is 0.0811. The zero-order valence-corrected chi connectivity index (χ0v) is 10.2. The van der Waals surface area contributed by atoms with Gasteiger partial charge in [-0.3, -0.25) is 9.59 Å². The van der Waals surface area contributed by atoms with Crippen LogP contribution in [0.3, 0.4) is 0 Å². The molecule has 0 amide bonds. The summed E-state index contributed by atoms with van der Waals surface area (Å²) in [6.45, 7) is 3.58. The topological polar surface area (TPSA) is 43.4 Å². The number of halogens is 1. The molecule has 0 N–H and O–H groups in total. The fraction of sp³-hybridized carbons (Fsp3) is 0.231. The van der Waals surface area contributed by atoms with Gasteiger partial charge in [0.05, 0.1) is 16.7 Å². The smallest absolute Gasteiger partial charge is 0.229 e. The molecule has 4 heteroatoms. The maximum atomic E-state index is 12.1. The van der Waals surface area contributed by atoms with Gasteiger partial charge in [0.2, 0.25) is 5.78 Å². The van der Waals surface area contributed by atoms with Gasteiger partial charge in [0.25, 0.3) is 0 Å². The number of fused-ring (bicyclic) bond motifs is 1. The molecule has 0 fully saturated rings. The van der Waals surface area contributed by atoms with Crippen LogP contribution in [0.2, 0.25) is 5.02 Å². The molecule has 0 spiro atoms. The van der Waals surface area contributed by atoms with E-state index in [1.54, 1.807) is 32.0 Å². The Morgan fingerprint density at radius 1 is 1.24 bits per heavy atom. The van der Waals surface area contributed by atoms with Crippen molar-refractivity contribution in [2.45, 2.75) is 20.0 Å². The largest absolute Gasteiger partial charge is 0.487 e. The SMILES string of the molecule is CC(C)OC1=CC(=O)c2cccc(Cl)c2C1=O. The van der Waals surface area contributed by atoms with Crippen molar-refractivity contribution in [2.24, 2.45) is 0 Å². The highest BCUT2D eigenvalue weighted by Crippen LogP contribution is 2.28. The van der Waals surface area contributed by atoms with Crippen LogP contribution in [0.25, 0.3) is 0 Å². The second-order valence-electron chi connectivity index (χ2n) is 4.03. The van der Waals surface area contributed by atoms with Gasteiger partial charge in [-0.05, 0) is 19.9 Å². The molecule has 0 bridgehead atoms. The van der Waals surface area contributed by atoms with Crippen molar-refractivity contribution in [1.29, 1.82) is 0 Å². The Morgan fingerprint density at radius 2 is 1.94 bits per heavy atom. The summed E-state index contributed by atoms with van der Waals surface area (Å²) in [5.74, 6) is -0.526. The van der Waals surface area contributed by atoms with Crippen molar-refractivity contribution < 1.29 is 14.3 Å². The molecule has 1 aliphatic rings. The summed E-state index contributed by atoms with van der Waals surface area (Å²) in [5.41, 5.74) is 0.566. The molecule has 0 aliphatic heterocycles. The van der Waals surface area contributed by atoms with Gasteiger partial charge in [-0.25, -0.2) is 0 Å². The minimum absolute atomic E-state index is 0.0607. The number of carbonyl (C=O) groups excluding carboxylic acids is 2. The number of hydrogen-bond acceptors (Lipinski definition) is 3. The summed E-state index contributed by atoms with van der Waals surface area (Å²) in [5, 5.41) is 0.277. The molecular formula is C13H11ClO3. The van der Waals surface area contributed by atoms with E-state index in [9.17, 15) is 9.59 Å². The van der Waals surface area contributed by atoms with Gasteiger partial charge in [0, 0.05) is 11.6 Å². The third-order valence-electron chi connectivity index (χ3n) is 2.35. The predicted molar refractivity (Wildman–Crippen MR) is 64.4 cm³/mol. The number of benzene rings is 1. The fourth-order valence-electron chi connectivity index (χ4n) is 1.69. The first-order chi connectivity index (χ1) is 8.00. The van der Waals surface area contributed by atoms with E-state index < -0.39 is 0 Å². The van der Waals surface area contributed by atoms with Gasteiger partial charge >= 0.3 is 0 Å². The molecule has 0 radical (unpaired) electrons. The lowest BCUT2D eigenvalue weighted by atomic mass is 9.93. The van der Waals surface area contributed by atoms with E-state index in [1.807, 2.05) is 0 Å². The van der Waals surface area contributed by atoms with Crippen LogP contribution in [0.15, 0.2) is 30.0 Å². The first-order valence-corrected chi connectivity index (χ1v) is 5.64. The van der Waals surface area contributed by atoms with Crippen molar-refractivity contribution in [3.63, 3.8) is 0 Å². The summed E-state index contributed by atoms with van der Waals surface area (Å²) in [7, 11) is 0. The Bertz CT molecular complexity index is 529. The van der Waals surface area contributed by atoms with Gasteiger partial charge in [0.15, 0.2) is 11.5 Å². The second-order valence-corrected chi connectivity index (χ2v) is 4.44. The highest BCUT2D eigenvalue weighted by Gasteiger charge is 2.29. The average molecular weight is 251 g/mol. The van der Waals surface area contributed by atoms with Gasteiger partial charge < -0.3 is 4.74 Å². The normalized spacial score (nSPS) is 14.7. The molecule has 2 rings (SSSR count). The van der Waals surface area contributed by atoms with Crippen molar-refractivity contribution in [1.82, 2.24) is 0 Å². The number of carbonyl (C=O) groups is 2. The molecule has 0 saturated heterocycles. The van der Waals surface area contributed by atoms with Crippen molar-refractivity contribution in [3.05, 3.63) is 46.2 Å². The summed E-state index contributed by atoms with van der Waals surface area (Å²) in [6, 6.07) is 4.82. The number of allylic oxidation sites excluding steroid dienone is 2. The van der Waals surface area contributed by atoms with Crippen molar-refractivity contribution >= 4 is 23.2 Å². The molecule has 0 atom stereocenters. The zero-order chi connectivity index (χ0) is 12.6. The number of hydrogen-bond donors (Lipinski definition) is 0. The first-order valence-electron chi connectivity index (χ1n) is 5.26. The Hall–Kier alpha value is -1.61. The molecule has 1 aromatic rings. The third kappa shape index (κ3) is 2.11. The van der Waals surface area contributed by atoms with Crippen molar-refractivity contribution in [2.75, 3.05) is 0 Å². The van der Waals surface area contributed by atoms with E-state index in [0.717, 1.165) is 0 Å². The zero-order valence-electron chi connectivity index (χ0n) is 9.49. The molecule has 0 aromatic heterocycles. The Labute approximate surface area is 104 Å². The molecule has 1 aromatic carbocycles. The maximum Gasteiger partial charge on any atom is 0.229 e. The highest BCUT2D eigenvalue weighted by molar-refractivity contribution is 6.37. The molecule has 1 aliphatic carbocycles. The molecular weight excluding hydrogens is 240 g/mol. The number of rotatable bonds is 2. The van der Waals surface area contributed by atoms with E-state index in [0.29, 0.717) is 5.56 Å². The van der Waals surface area contributed by atoms with Gasteiger partial charge in [0.1, 0.15) is 0 Å². The number of Topliss-reactive ketones (excluding diaryl/α,β-unsaturated/α-hetero) is 1. The lowest BCUT2D eigenvalue weighted by Gasteiger charge is -2.18. The Balaban J connectivity index is 2.51. The first kappa shape index (κ1) is 11.9. The average Bonchev–Trinajstić information content (AvgIpc) is 2.24. The molecule has 17 heavy (non-hydrogen) atoms. The summed E-state index contributed by atoms with van der Waals surface area (Å²) in [4.78, 5) is 23.9. The summed E-state index contributed by atoms with van der Waals surface area (Å²) < 4.78 is 5.32. The van der Waals surface area contributed by atoms with Crippen LogP contribution in [-0.4, -0.2) is 17.7 Å². The Kier molecular flexibility index (Phi) is 3.03. The second kappa shape index (κ2) is 4.34. The van der Waals surface area contributed by atoms with Crippen molar-refractivity contribution in [3.8, 4) is 0 Å². The summed E-state index contributed by atoms with van der Waals surface area (Å²) >= 11 is 5.95. The van der Waals surface area contributed by atoms with E-state index in [2.05, 4.69) is 0 Å². The third-order valence-corrected chi connectivity index (χ3v) is 2.67.